The lowest BCUT2D eigenvalue weighted by Crippen LogP contribution is -2.48. The molecule has 0 radical (unpaired) electrons. The molecule has 9 nitrogen and oxygen atoms in total. The zero-order valence-corrected chi connectivity index (χ0v) is 19.1. The molecule has 0 aliphatic carbocycles. The molecule has 0 fully saturated rings. The molecule has 0 heterocycles. The van der Waals surface area contributed by atoms with Gasteiger partial charge in [-0.05, 0) is 48.0 Å². The maximum Gasteiger partial charge on any atom is 0.328 e. The van der Waals surface area contributed by atoms with Gasteiger partial charge in [-0.3, -0.25) is 14.4 Å². The molecule has 1 atom stereocenters. The number of rotatable bonds is 9. The van der Waals surface area contributed by atoms with Gasteiger partial charge in [0.1, 0.15) is 11.8 Å². The third-order valence-electron chi connectivity index (χ3n) is 4.95. The third-order valence-corrected chi connectivity index (χ3v) is 5.26. The van der Waals surface area contributed by atoms with E-state index in [1.165, 1.54) is 24.3 Å². The number of carboxylic acid groups (broad SMARTS) is 1. The van der Waals surface area contributed by atoms with Crippen molar-refractivity contribution >= 4 is 35.3 Å². The van der Waals surface area contributed by atoms with Crippen LogP contribution in [0.5, 0.6) is 5.75 Å². The number of phenols is 1. The van der Waals surface area contributed by atoms with Crippen molar-refractivity contribution in [1.29, 1.82) is 0 Å². The van der Waals surface area contributed by atoms with Crippen LogP contribution in [-0.4, -0.2) is 46.5 Å². The first-order valence-corrected chi connectivity index (χ1v) is 10.8. The van der Waals surface area contributed by atoms with Crippen molar-refractivity contribution < 1.29 is 29.4 Å². The summed E-state index contributed by atoms with van der Waals surface area (Å²) in [4.78, 5) is 48.6. The van der Waals surface area contributed by atoms with Gasteiger partial charge in [0, 0.05) is 24.2 Å². The van der Waals surface area contributed by atoms with Crippen molar-refractivity contribution in [3.63, 3.8) is 0 Å². The number of aliphatic carboxylic acids is 1. The van der Waals surface area contributed by atoms with E-state index < -0.39 is 29.7 Å². The Bertz CT molecular complexity index is 1250. The van der Waals surface area contributed by atoms with E-state index in [0.29, 0.717) is 11.1 Å². The number of nitrogens with one attached hydrogen (secondary N) is 3. The third kappa shape index (κ3) is 7.05. The summed E-state index contributed by atoms with van der Waals surface area (Å²) < 4.78 is 0. The second-order valence-electron chi connectivity index (χ2n) is 7.49. The van der Waals surface area contributed by atoms with Crippen LogP contribution in [0.3, 0.4) is 0 Å². The zero-order chi connectivity index (χ0) is 25.4. The molecule has 10 heteroatoms. The maximum atomic E-state index is 12.6. The monoisotopic (exact) mass is 495 g/mol. The highest BCUT2D eigenvalue weighted by Crippen LogP contribution is 2.18. The number of carboxylic acids is 1. The van der Waals surface area contributed by atoms with Crippen molar-refractivity contribution in [2.24, 2.45) is 0 Å². The smallest absolute Gasteiger partial charge is 0.328 e. The lowest BCUT2D eigenvalue weighted by molar-refractivity contribution is -0.139. The average molecular weight is 496 g/mol. The fourth-order valence-electron chi connectivity index (χ4n) is 3.11. The van der Waals surface area contributed by atoms with E-state index in [0.717, 1.165) is 0 Å². The van der Waals surface area contributed by atoms with E-state index >= 15 is 0 Å². The lowest BCUT2D eigenvalue weighted by atomic mass is 10.1. The summed E-state index contributed by atoms with van der Waals surface area (Å²) >= 11 is 6.22. The zero-order valence-electron chi connectivity index (χ0n) is 18.3. The first-order chi connectivity index (χ1) is 16.7. The summed E-state index contributed by atoms with van der Waals surface area (Å²) in [5, 5.41) is 26.5. The fraction of sp³-hybridized carbons (Fsp3) is 0.120. The predicted octanol–water partition coefficient (Wildman–Crippen LogP) is 2.59. The molecule has 1 unspecified atom stereocenters. The maximum absolute atomic E-state index is 12.6. The second-order valence-corrected chi connectivity index (χ2v) is 7.89. The van der Waals surface area contributed by atoms with Gasteiger partial charge in [0.05, 0.1) is 10.6 Å². The molecule has 3 aromatic rings. The van der Waals surface area contributed by atoms with Crippen molar-refractivity contribution in [2.45, 2.75) is 12.6 Å². The van der Waals surface area contributed by atoms with E-state index in [9.17, 15) is 29.4 Å². The van der Waals surface area contributed by atoms with E-state index in [4.69, 9.17) is 11.6 Å². The number of carbonyl (C=O) groups is 4. The van der Waals surface area contributed by atoms with Crippen LogP contribution in [-0.2, 0) is 11.3 Å². The van der Waals surface area contributed by atoms with Crippen molar-refractivity contribution in [1.82, 2.24) is 16.0 Å². The van der Waals surface area contributed by atoms with E-state index in [2.05, 4.69) is 16.0 Å². The summed E-state index contributed by atoms with van der Waals surface area (Å²) in [7, 11) is 0. The Hall–Kier alpha value is -4.37. The summed E-state index contributed by atoms with van der Waals surface area (Å²) in [6.07, 6.45) is 0. The van der Waals surface area contributed by atoms with Gasteiger partial charge in [-0.2, -0.15) is 0 Å². The van der Waals surface area contributed by atoms with Gasteiger partial charge in [-0.25, -0.2) is 4.79 Å². The van der Waals surface area contributed by atoms with E-state index in [-0.39, 0.29) is 35.0 Å². The summed E-state index contributed by atoms with van der Waals surface area (Å²) in [6, 6.07) is 17.2. The number of hydrogen-bond acceptors (Lipinski definition) is 5. The van der Waals surface area contributed by atoms with Crippen LogP contribution >= 0.6 is 11.6 Å². The van der Waals surface area contributed by atoms with Gasteiger partial charge in [-0.1, -0.05) is 41.9 Å². The molecular weight excluding hydrogens is 474 g/mol. The van der Waals surface area contributed by atoms with Crippen molar-refractivity contribution in [3.05, 3.63) is 100 Å². The normalized spacial score (nSPS) is 11.2. The van der Waals surface area contributed by atoms with E-state index in [1.807, 2.05) is 0 Å². The molecule has 0 aromatic heterocycles. The number of amides is 3. The van der Waals surface area contributed by atoms with Crippen LogP contribution in [0.4, 0.5) is 0 Å². The Labute approximate surface area is 205 Å². The average Bonchev–Trinajstić information content (AvgIpc) is 2.85. The molecule has 0 saturated carbocycles. The number of phenolic OH excluding ortho intramolecular Hbond substituents is 1. The summed E-state index contributed by atoms with van der Waals surface area (Å²) in [5.74, 6) is -2.96. The Balaban J connectivity index is 1.59. The summed E-state index contributed by atoms with van der Waals surface area (Å²) in [6.45, 7) is -0.217. The van der Waals surface area contributed by atoms with Crippen LogP contribution in [0.25, 0.3) is 0 Å². The van der Waals surface area contributed by atoms with Gasteiger partial charge in [0.25, 0.3) is 17.7 Å². The summed E-state index contributed by atoms with van der Waals surface area (Å²) in [5.41, 5.74) is 1.28. The van der Waals surface area contributed by atoms with Gasteiger partial charge < -0.3 is 26.2 Å². The topological polar surface area (TPSA) is 145 Å². The van der Waals surface area contributed by atoms with E-state index in [1.54, 1.807) is 48.5 Å². The molecule has 0 saturated heterocycles. The first-order valence-electron chi connectivity index (χ1n) is 10.5. The van der Waals surface area contributed by atoms with Crippen LogP contribution in [0.15, 0.2) is 72.8 Å². The predicted molar refractivity (Wildman–Crippen MR) is 128 cm³/mol. The molecular formula is C25H22ClN3O6. The molecule has 0 aliphatic heterocycles. The van der Waals surface area contributed by atoms with Gasteiger partial charge in [0.15, 0.2) is 0 Å². The molecule has 3 aromatic carbocycles. The molecule has 35 heavy (non-hydrogen) atoms. The quantitative estimate of drug-likeness (QED) is 0.308. The van der Waals surface area contributed by atoms with Gasteiger partial charge >= 0.3 is 5.97 Å². The highest BCUT2D eigenvalue weighted by atomic mass is 35.5. The molecule has 3 amide bonds. The lowest BCUT2D eigenvalue weighted by Gasteiger charge is -2.16. The fourth-order valence-corrected chi connectivity index (χ4v) is 3.40. The minimum Gasteiger partial charge on any atom is -0.508 e. The van der Waals surface area contributed by atoms with Gasteiger partial charge in [-0.15, -0.1) is 0 Å². The van der Waals surface area contributed by atoms with Gasteiger partial charge in [0.2, 0.25) is 0 Å². The Morgan fingerprint density at radius 1 is 0.800 bits per heavy atom. The molecule has 0 bridgehead atoms. The minimum absolute atomic E-state index is 0.0321. The standard InChI is InChI=1S/C25H22ClN3O6/c26-20-11-15(13-27-23(32)17-7-4-8-18(30)12-17)9-10-19(20)24(33)29-21(25(34)35)14-28-22(31)16-5-2-1-3-6-16/h1-12,21,30H,13-14H2,(H,27,32)(H,28,31)(H,29,33)(H,34,35). The highest BCUT2D eigenvalue weighted by Gasteiger charge is 2.23. The molecule has 180 valence electrons. The molecule has 0 aliphatic rings. The van der Waals surface area contributed by atoms with Crippen LogP contribution in [0, 0.1) is 0 Å². The van der Waals surface area contributed by atoms with Crippen LogP contribution in [0.1, 0.15) is 36.6 Å². The Morgan fingerprint density at radius 2 is 1.49 bits per heavy atom. The number of aromatic hydroxyl groups is 1. The number of benzene rings is 3. The van der Waals surface area contributed by atoms with Crippen molar-refractivity contribution in [2.75, 3.05) is 6.54 Å². The Kier molecular flexibility index (Phi) is 8.42. The first kappa shape index (κ1) is 25.3. The Morgan fingerprint density at radius 3 is 2.14 bits per heavy atom. The molecule has 5 N–H and O–H groups in total. The van der Waals surface area contributed by atoms with Crippen LogP contribution in [0.2, 0.25) is 5.02 Å². The highest BCUT2D eigenvalue weighted by molar-refractivity contribution is 6.34. The van der Waals surface area contributed by atoms with Crippen molar-refractivity contribution in [3.8, 4) is 5.75 Å². The van der Waals surface area contributed by atoms with Crippen LogP contribution < -0.4 is 16.0 Å². The minimum atomic E-state index is -1.38. The SMILES string of the molecule is O=C(NCc1ccc(C(=O)NC(CNC(=O)c2ccccc2)C(=O)O)c(Cl)c1)c1cccc(O)c1. The second kappa shape index (κ2) is 11.7. The molecule has 0 spiro atoms. The number of halogens is 1. The number of hydrogen-bond donors (Lipinski definition) is 5. The largest absolute Gasteiger partial charge is 0.508 e. The molecule has 3 rings (SSSR count). The number of carbonyl (C=O) groups excluding carboxylic acids is 3.